The van der Waals surface area contributed by atoms with E-state index in [9.17, 15) is 24.3 Å². The number of urea groups is 1. The van der Waals surface area contributed by atoms with Gasteiger partial charge in [-0.15, -0.1) is 0 Å². The van der Waals surface area contributed by atoms with Crippen molar-refractivity contribution in [2.24, 2.45) is 0 Å². The van der Waals surface area contributed by atoms with Crippen LogP contribution in [-0.2, 0) is 11.3 Å². The van der Waals surface area contributed by atoms with Gasteiger partial charge in [0.2, 0.25) is 6.41 Å². The Morgan fingerprint density at radius 1 is 1.15 bits per heavy atom. The molecule has 0 saturated heterocycles. The lowest BCUT2D eigenvalue weighted by Crippen LogP contribution is -2.42. The number of H-pyrrole nitrogens is 1. The molecule has 33 heavy (non-hydrogen) atoms. The van der Waals surface area contributed by atoms with E-state index in [0.717, 1.165) is 11.1 Å². The fourth-order valence-electron chi connectivity index (χ4n) is 3.74. The summed E-state index contributed by atoms with van der Waals surface area (Å²) in [4.78, 5) is 51.2. The van der Waals surface area contributed by atoms with Gasteiger partial charge < -0.3 is 20.3 Å². The number of pyridine rings is 1. The Morgan fingerprint density at radius 2 is 1.91 bits per heavy atom. The zero-order chi connectivity index (χ0) is 23.5. The molecule has 3 aromatic rings. The molecule has 4 N–H and O–H groups in total. The van der Waals surface area contributed by atoms with Crippen LogP contribution in [0.1, 0.15) is 27.5 Å². The summed E-state index contributed by atoms with van der Waals surface area (Å²) in [5, 5.41) is 14.5. The highest BCUT2D eigenvalue weighted by molar-refractivity contribution is 6.30. The van der Waals surface area contributed by atoms with Crippen LogP contribution < -0.4 is 16.2 Å². The van der Waals surface area contributed by atoms with Gasteiger partial charge >= 0.3 is 6.03 Å². The van der Waals surface area contributed by atoms with Crippen LogP contribution in [0.5, 0.6) is 5.75 Å². The second-order valence-corrected chi connectivity index (χ2v) is 7.91. The highest BCUT2D eigenvalue weighted by atomic mass is 35.5. The molecular formula is C23H19ClN4O5. The lowest BCUT2D eigenvalue weighted by atomic mass is 10.0. The molecule has 0 aliphatic carbocycles. The van der Waals surface area contributed by atoms with Crippen LogP contribution in [0.15, 0.2) is 59.5 Å². The molecule has 0 unspecified atom stereocenters. The van der Waals surface area contributed by atoms with Crippen LogP contribution in [0.4, 0.5) is 4.79 Å². The number of phenolic OH excluding ortho intramolecular Hbond substituents is 1. The summed E-state index contributed by atoms with van der Waals surface area (Å²) in [6.45, 7) is 0.472. The fraction of sp³-hybridized carbons (Fsp3) is 0.130. The van der Waals surface area contributed by atoms with Crippen molar-refractivity contribution in [3.05, 3.63) is 86.8 Å². The summed E-state index contributed by atoms with van der Waals surface area (Å²) in [6, 6.07) is 12.0. The Hall–Kier alpha value is -4.11. The van der Waals surface area contributed by atoms with Crippen molar-refractivity contribution in [2.75, 3.05) is 6.54 Å². The zero-order valence-corrected chi connectivity index (χ0v) is 17.9. The third kappa shape index (κ3) is 4.73. The first-order valence-electron chi connectivity index (χ1n) is 9.96. The molecule has 9 nitrogen and oxygen atoms in total. The van der Waals surface area contributed by atoms with E-state index >= 15 is 0 Å². The van der Waals surface area contributed by atoms with Crippen molar-refractivity contribution in [1.29, 1.82) is 0 Å². The SMILES string of the molecule is O=CNC(=O)N[C@@H](CN1Cc2ccc(O)cc2C1=O)c1ccc(-c2c[nH]c(=O)c(Cl)c2)cc1. The minimum absolute atomic E-state index is 0.00179. The Morgan fingerprint density at radius 3 is 2.61 bits per heavy atom. The maximum atomic E-state index is 12.8. The quantitative estimate of drug-likeness (QED) is 0.414. The van der Waals surface area contributed by atoms with Gasteiger partial charge in [-0.3, -0.25) is 19.7 Å². The number of nitrogens with zero attached hydrogens (tertiary/aromatic N) is 1. The first kappa shape index (κ1) is 22.1. The van der Waals surface area contributed by atoms with Crippen LogP contribution in [-0.4, -0.2) is 39.9 Å². The van der Waals surface area contributed by atoms with Crippen molar-refractivity contribution in [2.45, 2.75) is 12.6 Å². The number of imide groups is 1. The van der Waals surface area contributed by atoms with Gasteiger partial charge in [0.25, 0.3) is 11.5 Å². The van der Waals surface area contributed by atoms with E-state index in [0.29, 0.717) is 23.2 Å². The normalized spacial score (nSPS) is 13.4. The molecule has 4 amide bonds. The smallest absolute Gasteiger partial charge is 0.321 e. The summed E-state index contributed by atoms with van der Waals surface area (Å²) < 4.78 is 0. The molecule has 0 spiro atoms. The average Bonchev–Trinajstić information content (AvgIpc) is 3.10. The molecule has 2 aromatic carbocycles. The van der Waals surface area contributed by atoms with Crippen LogP contribution >= 0.6 is 11.6 Å². The van der Waals surface area contributed by atoms with Crippen molar-refractivity contribution in [1.82, 2.24) is 20.5 Å². The summed E-state index contributed by atoms with van der Waals surface area (Å²) in [5.74, 6) is -0.259. The van der Waals surface area contributed by atoms with E-state index in [1.807, 2.05) is 5.32 Å². The molecule has 4 rings (SSSR count). The standard InChI is InChI=1S/C23H19ClN4O5/c24-19-7-16(9-25-21(19)31)13-1-3-14(4-2-13)20(27-23(33)26-12-29)11-28-10-15-5-6-17(30)8-18(15)22(28)32/h1-9,12,20,30H,10-11H2,(H,25,31)(H2,26,27,29,33)/t20-/m0/s1. The van der Waals surface area contributed by atoms with Crippen molar-refractivity contribution >= 4 is 29.9 Å². The maximum absolute atomic E-state index is 12.8. The molecule has 1 aliphatic rings. The van der Waals surface area contributed by atoms with E-state index in [1.165, 1.54) is 12.1 Å². The number of hydrogen-bond acceptors (Lipinski definition) is 5. The number of hydrogen-bond donors (Lipinski definition) is 4. The molecule has 0 fully saturated rings. The van der Waals surface area contributed by atoms with Crippen LogP contribution in [0.2, 0.25) is 5.02 Å². The van der Waals surface area contributed by atoms with Crippen LogP contribution in [0.25, 0.3) is 11.1 Å². The van der Waals surface area contributed by atoms with Crippen molar-refractivity contribution in [3.8, 4) is 16.9 Å². The van der Waals surface area contributed by atoms with Crippen LogP contribution in [0.3, 0.4) is 0 Å². The third-order valence-corrected chi connectivity index (χ3v) is 5.66. The molecule has 2 heterocycles. The van der Waals surface area contributed by atoms with Gasteiger partial charge in [0.15, 0.2) is 0 Å². The van der Waals surface area contributed by atoms with Gasteiger partial charge in [-0.05, 0) is 40.5 Å². The van der Waals surface area contributed by atoms with Gasteiger partial charge in [0.05, 0.1) is 6.04 Å². The van der Waals surface area contributed by atoms with E-state index < -0.39 is 12.1 Å². The number of halogens is 1. The molecule has 0 radical (unpaired) electrons. The highest BCUT2D eigenvalue weighted by Crippen LogP contribution is 2.29. The minimum atomic E-state index is -0.701. The number of phenols is 1. The fourth-order valence-corrected chi connectivity index (χ4v) is 3.91. The summed E-state index contributed by atoms with van der Waals surface area (Å²) in [6.07, 6.45) is 1.82. The zero-order valence-electron chi connectivity index (χ0n) is 17.2. The second-order valence-electron chi connectivity index (χ2n) is 7.50. The Balaban J connectivity index is 1.58. The van der Waals surface area contributed by atoms with E-state index in [1.54, 1.807) is 47.5 Å². The second kappa shape index (κ2) is 9.17. The van der Waals surface area contributed by atoms with Crippen LogP contribution in [0, 0.1) is 0 Å². The minimum Gasteiger partial charge on any atom is -0.508 e. The Kier molecular flexibility index (Phi) is 6.14. The highest BCUT2D eigenvalue weighted by Gasteiger charge is 2.30. The predicted octanol–water partition coefficient (Wildman–Crippen LogP) is 2.55. The Bertz CT molecular complexity index is 1290. The molecule has 0 saturated carbocycles. The molecule has 1 atom stereocenters. The van der Waals surface area contributed by atoms with E-state index in [-0.39, 0.29) is 35.2 Å². The van der Waals surface area contributed by atoms with Crippen molar-refractivity contribution in [3.63, 3.8) is 0 Å². The number of aromatic nitrogens is 1. The number of carbonyl (C=O) groups is 3. The Labute approximate surface area is 193 Å². The number of amides is 4. The summed E-state index contributed by atoms with van der Waals surface area (Å²) >= 11 is 5.91. The van der Waals surface area contributed by atoms with Crippen molar-refractivity contribution < 1.29 is 19.5 Å². The molecule has 1 aliphatic heterocycles. The largest absolute Gasteiger partial charge is 0.508 e. The number of rotatable bonds is 6. The van der Waals surface area contributed by atoms with Gasteiger partial charge in [-0.25, -0.2) is 4.79 Å². The molecule has 1 aromatic heterocycles. The average molecular weight is 467 g/mol. The first-order chi connectivity index (χ1) is 15.9. The topological polar surface area (TPSA) is 132 Å². The maximum Gasteiger partial charge on any atom is 0.321 e. The number of nitrogens with one attached hydrogen (secondary N) is 3. The molecular weight excluding hydrogens is 448 g/mol. The molecule has 0 bridgehead atoms. The van der Waals surface area contributed by atoms with E-state index in [2.05, 4.69) is 10.3 Å². The summed E-state index contributed by atoms with van der Waals surface area (Å²) in [7, 11) is 0. The number of carbonyl (C=O) groups excluding carboxylic acids is 3. The number of aromatic hydroxyl groups is 1. The van der Waals surface area contributed by atoms with E-state index in [4.69, 9.17) is 11.6 Å². The lowest BCUT2D eigenvalue weighted by Gasteiger charge is -2.25. The molecule has 10 heteroatoms. The lowest BCUT2D eigenvalue weighted by molar-refractivity contribution is -0.108. The predicted molar refractivity (Wildman–Crippen MR) is 121 cm³/mol. The monoisotopic (exact) mass is 466 g/mol. The van der Waals surface area contributed by atoms with Gasteiger partial charge in [-0.1, -0.05) is 41.9 Å². The number of aromatic amines is 1. The van der Waals surface area contributed by atoms with Gasteiger partial charge in [0, 0.05) is 24.8 Å². The van der Waals surface area contributed by atoms with Gasteiger partial charge in [-0.2, -0.15) is 0 Å². The third-order valence-electron chi connectivity index (χ3n) is 5.37. The van der Waals surface area contributed by atoms with Gasteiger partial charge in [0.1, 0.15) is 10.8 Å². The number of fused-ring (bicyclic) bond motifs is 1. The first-order valence-corrected chi connectivity index (χ1v) is 10.3. The molecule has 168 valence electrons. The summed E-state index contributed by atoms with van der Waals surface area (Å²) in [5.41, 5.74) is 3.00. The number of benzene rings is 2.